The van der Waals surface area contributed by atoms with Crippen molar-refractivity contribution in [1.82, 2.24) is 15.5 Å². The van der Waals surface area contributed by atoms with Crippen LogP contribution >= 0.6 is 12.4 Å². The van der Waals surface area contributed by atoms with Gasteiger partial charge >= 0.3 is 0 Å². The first-order valence-corrected chi connectivity index (χ1v) is 7.23. The molecule has 0 bridgehead atoms. The van der Waals surface area contributed by atoms with Gasteiger partial charge in [0.1, 0.15) is 6.04 Å². The summed E-state index contributed by atoms with van der Waals surface area (Å²) in [4.78, 5) is 25.7. The van der Waals surface area contributed by atoms with Crippen molar-refractivity contribution in [3.05, 3.63) is 35.9 Å². The van der Waals surface area contributed by atoms with Crippen LogP contribution in [0.2, 0.25) is 0 Å². The number of halogens is 1. The van der Waals surface area contributed by atoms with Crippen LogP contribution in [0.5, 0.6) is 0 Å². The van der Waals surface area contributed by atoms with Crippen molar-refractivity contribution in [3.8, 4) is 0 Å². The minimum absolute atomic E-state index is 0. The summed E-state index contributed by atoms with van der Waals surface area (Å²) in [5.41, 5.74) is 1.04. The third-order valence-electron chi connectivity index (χ3n) is 3.19. The summed E-state index contributed by atoms with van der Waals surface area (Å²) in [6.07, 6.45) is 1.69. The Labute approximate surface area is 138 Å². The second-order valence-corrected chi connectivity index (χ2v) is 5.25. The maximum Gasteiger partial charge on any atom is 0.244 e. The van der Waals surface area contributed by atoms with Crippen LogP contribution in [0.4, 0.5) is 0 Å². The molecule has 2 amide bonds. The molecule has 1 atom stereocenters. The largest absolute Gasteiger partial charge is 0.347 e. The molecule has 2 N–H and O–H groups in total. The zero-order valence-corrected chi connectivity index (χ0v) is 14.3. The van der Waals surface area contributed by atoms with Crippen molar-refractivity contribution in [2.24, 2.45) is 0 Å². The Bertz CT molecular complexity index is 452. The van der Waals surface area contributed by atoms with Crippen molar-refractivity contribution < 1.29 is 9.59 Å². The van der Waals surface area contributed by atoms with Gasteiger partial charge in [-0.2, -0.15) is 0 Å². The van der Waals surface area contributed by atoms with Gasteiger partial charge in [-0.05, 0) is 25.6 Å². The molecular weight excluding hydrogens is 302 g/mol. The number of carbonyl (C=O) groups excluding carboxylic acids is 2. The summed E-state index contributed by atoms with van der Waals surface area (Å²) in [5, 5.41) is 5.85. The number of hydrogen-bond donors (Lipinski definition) is 2. The van der Waals surface area contributed by atoms with Gasteiger partial charge in [0.2, 0.25) is 11.8 Å². The highest BCUT2D eigenvalue weighted by molar-refractivity contribution is 5.87. The van der Waals surface area contributed by atoms with E-state index in [9.17, 15) is 9.59 Å². The summed E-state index contributed by atoms with van der Waals surface area (Å²) in [6, 6.07) is 9.21. The lowest BCUT2D eigenvalue weighted by atomic mass is 10.0. The lowest BCUT2D eigenvalue weighted by molar-refractivity contribution is -0.134. The van der Waals surface area contributed by atoms with Crippen LogP contribution in [0.15, 0.2) is 30.3 Å². The molecule has 1 rings (SSSR count). The normalized spacial score (nSPS) is 11.2. The lowest BCUT2D eigenvalue weighted by Gasteiger charge is -2.22. The van der Waals surface area contributed by atoms with E-state index < -0.39 is 6.04 Å². The average Bonchev–Trinajstić information content (AvgIpc) is 2.47. The Hall–Kier alpha value is -1.59. The standard InChI is InChI=1S/C16H25N3O2.ClH/c1-17-11-7-10-15(20)18-14(16(21)19(2)3)12-13-8-5-4-6-9-13;/h4-6,8-9,14,17H,7,10-12H2,1-3H3,(H,18,20);1H. The minimum Gasteiger partial charge on any atom is -0.347 e. The van der Waals surface area contributed by atoms with Gasteiger partial charge in [-0.1, -0.05) is 30.3 Å². The highest BCUT2D eigenvalue weighted by Crippen LogP contribution is 2.05. The Morgan fingerprint density at radius 3 is 2.36 bits per heavy atom. The van der Waals surface area contributed by atoms with Crippen molar-refractivity contribution in [2.75, 3.05) is 27.7 Å². The van der Waals surface area contributed by atoms with Crippen LogP contribution in [0.25, 0.3) is 0 Å². The maximum atomic E-state index is 12.2. The van der Waals surface area contributed by atoms with E-state index in [1.54, 1.807) is 14.1 Å². The summed E-state index contributed by atoms with van der Waals surface area (Å²) in [6.45, 7) is 0.790. The molecule has 1 unspecified atom stereocenters. The fourth-order valence-corrected chi connectivity index (χ4v) is 2.05. The second-order valence-electron chi connectivity index (χ2n) is 5.25. The van der Waals surface area contributed by atoms with E-state index in [0.29, 0.717) is 12.8 Å². The van der Waals surface area contributed by atoms with Crippen molar-refractivity contribution in [3.63, 3.8) is 0 Å². The first kappa shape index (κ1) is 20.4. The number of likely N-dealkylation sites (N-methyl/N-ethyl adjacent to an activating group) is 1. The summed E-state index contributed by atoms with van der Waals surface area (Å²) in [5.74, 6) is -0.165. The molecule has 0 saturated carbocycles. The van der Waals surface area contributed by atoms with E-state index in [4.69, 9.17) is 0 Å². The van der Waals surface area contributed by atoms with Gasteiger partial charge in [-0.25, -0.2) is 0 Å². The van der Waals surface area contributed by atoms with Crippen molar-refractivity contribution in [2.45, 2.75) is 25.3 Å². The highest BCUT2D eigenvalue weighted by atomic mass is 35.5. The maximum absolute atomic E-state index is 12.2. The van der Waals surface area contributed by atoms with Crippen LogP contribution < -0.4 is 10.6 Å². The number of rotatable bonds is 8. The van der Waals surface area contributed by atoms with Crippen LogP contribution in [0.3, 0.4) is 0 Å². The topological polar surface area (TPSA) is 61.4 Å². The second kappa shape index (κ2) is 11.0. The van der Waals surface area contributed by atoms with Crippen LogP contribution in [-0.4, -0.2) is 50.4 Å². The molecular formula is C16H26ClN3O2. The fraction of sp³-hybridized carbons (Fsp3) is 0.500. The molecule has 0 heterocycles. The number of amides is 2. The zero-order valence-electron chi connectivity index (χ0n) is 13.5. The molecule has 1 aromatic rings. The van der Waals surface area contributed by atoms with Gasteiger partial charge in [0.15, 0.2) is 0 Å². The first-order valence-electron chi connectivity index (χ1n) is 7.23. The van der Waals surface area contributed by atoms with Crippen LogP contribution in [-0.2, 0) is 16.0 Å². The molecule has 0 aliphatic heterocycles. The average molecular weight is 328 g/mol. The molecule has 0 fully saturated rings. The molecule has 0 radical (unpaired) electrons. The van der Waals surface area contributed by atoms with Crippen molar-refractivity contribution >= 4 is 24.2 Å². The molecule has 0 aliphatic carbocycles. The first-order chi connectivity index (χ1) is 10.0. The molecule has 5 nitrogen and oxygen atoms in total. The Balaban J connectivity index is 0.00000441. The van der Waals surface area contributed by atoms with Gasteiger partial charge in [0, 0.05) is 26.9 Å². The van der Waals surface area contributed by atoms with E-state index in [2.05, 4.69) is 10.6 Å². The minimum atomic E-state index is -0.510. The van der Waals surface area contributed by atoms with E-state index in [1.807, 2.05) is 37.4 Å². The van der Waals surface area contributed by atoms with Gasteiger partial charge in [-0.15, -0.1) is 12.4 Å². The van der Waals surface area contributed by atoms with Crippen LogP contribution in [0, 0.1) is 0 Å². The Morgan fingerprint density at radius 1 is 1.18 bits per heavy atom. The van der Waals surface area contributed by atoms with Gasteiger partial charge in [0.05, 0.1) is 0 Å². The number of nitrogens with zero attached hydrogens (tertiary/aromatic N) is 1. The molecule has 6 heteroatoms. The predicted octanol–water partition coefficient (Wildman–Crippen LogP) is 1.22. The van der Waals surface area contributed by atoms with E-state index in [-0.39, 0.29) is 24.2 Å². The van der Waals surface area contributed by atoms with Gasteiger partial charge < -0.3 is 15.5 Å². The molecule has 1 aromatic carbocycles. The number of carbonyl (C=O) groups is 2. The van der Waals surface area contributed by atoms with E-state index in [0.717, 1.165) is 18.5 Å². The SMILES string of the molecule is CNCCCC(=O)NC(Cc1ccccc1)C(=O)N(C)C.Cl. The molecule has 0 saturated heterocycles. The Morgan fingerprint density at radius 2 is 1.82 bits per heavy atom. The van der Waals surface area contributed by atoms with Gasteiger partial charge in [-0.3, -0.25) is 9.59 Å². The number of hydrogen-bond acceptors (Lipinski definition) is 3. The predicted molar refractivity (Wildman–Crippen MR) is 91.2 cm³/mol. The molecule has 0 aliphatic rings. The Kier molecular flexibility index (Phi) is 10.2. The van der Waals surface area contributed by atoms with Gasteiger partial charge in [0.25, 0.3) is 0 Å². The number of nitrogens with one attached hydrogen (secondary N) is 2. The molecule has 0 spiro atoms. The monoisotopic (exact) mass is 327 g/mol. The third-order valence-corrected chi connectivity index (χ3v) is 3.19. The molecule has 0 aromatic heterocycles. The summed E-state index contributed by atoms with van der Waals surface area (Å²) in [7, 11) is 5.26. The quantitative estimate of drug-likeness (QED) is 0.706. The van der Waals surface area contributed by atoms with Crippen molar-refractivity contribution in [1.29, 1.82) is 0 Å². The molecule has 124 valence electrons. The fourth-order valence-electron chi connectivity index (χ4n) is 2.05. The molecule has 22 heavy (non-hydrogen) atoms. The van der Waals surface area contributed by atoms with Crippen LogP contribution in [0.1, 0.15) is 18.4 Å². The summed E-state index contributed by atoms with van der Waals surface area (Å²) >= 11 is 0. The van der Waals surface area contributed by atoms with E-state index in [1.165, 1.54) is 4.90 Å². The highest BCUT2D eigenvalue weighted by Gasteiger charge is 2.22. The lowest BCUT2D eigenvalue weighted by Crippen LogP contribution is -2.47. The summed E-state index contributed by atoms with van der Waals surface area (Å²) < 4.78 is 0. The van der Waals surface area contributed by atoms with E-state index >= 15 is 0 Å². The smallest absolute Gasteiger partial charge is 0.244 e. The number of benzene rings is 1. The zero-order chi connectivity index (χ0) is 15.7. The third kappa shape index (κ3) is 7.43.